The second kappa shape index (κ2) is 8.00. The van der Waals surface area contributed by atoms with Crippen LogP contribution in [0.2, 0.25) is 5.02 Å². The largest absolute Gasteiger partial charge is 0.476 e. The lowest BCUT2D eigenvalue weighted by Crippen LogP contribution is -2.49. The first-order valence-corrected chi connectivity index (χ1v) is 9.69. The number of hydrogen-bond donors (Lipinski definition) is 2. The van der Waals surface area contributed by atoms with E-state index in [1.807, 2.05) is 31.2 Å². The Balaban J connectivity index is 0.00000117. The smallest absolute Gasteiger partial charge is 0.175 e. The van der Waals surface area contributed by atoms with Gasteiger partial charge in [0, 0.05) is 25.3 Å². The number of aliphatic hydroxyl groups is 2. The van der Waals surface area contributed by atoms with Gasteiger partial charge in [-0.25, -0.2) is 0 Å². The van der Waals surface area contributed by atoms with Gasteiger partial charge < -0.3 is 14.9 Å². The summed E-state index contributed by atoms with van der Waals surface area (Å²) in [6, 6.07) is 11.0. The summed E-state index contributed by atoms with van der Waals surface area (Å²) >= 11 is 6.12. The van der Waals surface area contributed by atoms with Crippen LogP contribution in [0.4, 0.5) is 0 Å². The van der Waals surface area contributed by atoms with Crippen molar-refractivity contribution >= 4 is 11.6 Å². The van der Waals surface area contributed by atoms with Crippen LogP contribution in [0, 0.1) is 17.2 Å². The molecule has 4 rings (SSSR count). The average molecular weight is 411 g/mol. The summed E-state index contributed by atoms with van der Waals surface area (Å²) < 4.78 is 6.49. The van der Waals surface area contributed by atoms with Crippen LogP contribution in [-0.2, 0) is 11.2 Å². The summed E-state index contributed by atoms with van der Waals surface area (Å²) in [6.45, 7) is 5.90. The Morgan fingerprint density at radius 3 is 2.66 bits per heavy atom. The number of rotatable bonds is 3. The van der Waals surface area contributed by atoms with Gasteiger partial charge in [-0.05, 0) is 43.0 Å². The Hall–Kier alpha value is -2.65. The van der Waals surface area contributed by atoms with Crippen molar-refractivity contribution in [3.05, 3.63) is 82.7 Å². The summed E-state index contributed by atoms with van der Waals surface area (Å²) in [5.74, 6) is 0.393. The van der Waals surface area contributed by atoms with Crippen LogP contribution < -0.4 is 4.74 Å². The molecule has 2 aromatic rings. The van der Waals surface area contributed by atoms with Gasteiger partial charge in [-0.2, -0.15) is 5.26 Å². The Bertz CT molecular complexity index is 996. The van der Waals surface area contributed by atoms with Crippen LogP contribution in [0.3, 0.4) is 0 Å². The number of halogens is 1. The topological polar surface area (TPSA) is 86.4 Å². The number of nitriles is 1. The van der Waals surface area contributed by atoms with E-state index in [9.17, 15) is 5.11 Å². The van der Waals surface area contributed by atoms with E-state index < -0.39 is 11.2 Å². The van der Waals surface area contributed by atoms with Gasteiger partial charge in [-0.1, -0.05) is 42.5 Å². The molecule has 1 aromatic carbocycles. The lowest BCUT2D eigenvalue weighted by Gasteiger charge is -2.40. The minimum Gasteiger partial charge on any atom is -0.476 e. The van der Waals surface area contributed by atoms with Crippen LogP contribution in [0.5, 0.6) is 5.75 Å². The lowest BCUT2D eigenvalue weighted by atomic mass is 9.72. The number of allylic oxidation sites excluding steroid dienone is 2. The van der Waals surface area contributed by atoms with Gasteiger partial charge in [0.05, 0.1) is 16.7 Å². The monoisotopic (exact) mass is 410 g/mol. The van der Waals surface area contributed by atoms with Crippen molar-refractivity contribution in [3.8, 4) is 11.8 Å². The minimum absolute atomic E-state index is 0.106. The van der Waals surface area contributed by atoms with Gasteiger partial charge in [0.2, 0.25) is 0 Å². The second-order valence-corrected chi connectivity index (χ2v) is 7.41. The van der Waals surface area contributed by atoms with E-state index in [4.69, 9.17) is 26.7 Å². The minimum atomic E-state index is -1.29. The van der Waals surface area contributed by atoms with Gasteiger partial charge in [0.25, 0.3) is 0 Å². The average Bonchev–Trinajstić information content (AvgIpc) is 3.18. The molecule has 150 valence electrons. The Labute approximate surface area is 175 Å². The first-order chi connectivity index (χ1) is 14.0. The second-order valence-electron chi connectivity index (χ2n) is 6.97. The molecule has 1 fully saturated rings. The lowest BCUT2D eigenvalue weighted by molar-refractivity contribution is -0.113. The normalized spacial score (nSPS) is 27.0. The third-order valence-electron chi connectivity index (χ3n) is 5.80. The van der Waals surface area contributed by atoms with Crippen molar-refractivity contribution in [2.45, 2.75) is 31.0 Å². The molecule has 0 saturated heterocycles. The molecule has 3 atom stereocenters. The molecule has 0 bridgehead atoms. The predicted molar refractivity (Wildman–Crippen MR) is 111 cm³/mol. The van der Waals surface area contributed by atoms with E-state index in [-0.39, 0.29) is 5.92 Å². The number of aliphatic hydroxyl groups excluding tert-OH is 1. The van der Waals surface area contributed by atoms with E-state index in [1.54, 1.807) is 18.2 Å². The van der Waals surface area contributed by atoms with E-state index in [2.05, 4.69) is 17.6 Å². The van der Waals surface area contributed by atoms with Crippen LogP contribution in [0.25, 0.3) is 0 Å². The number of pyridine rings is 1. The standard InChI is InChI=1S/C22H19ClN2O2.CH4O/c1-3-15(4-2)18-9-10-21(26)20-19(11-17(23)13-25-20)27-22(18,21)16-7-5-14(12-24)6-8-16;1-2/h3-8,11,13,18,26H,1,9-10H2,2H3;2H,1H3/b15-4+;. The zero-order chi connectivity index (χ0) is 21.2. The fourth-order valence-corrected chi connectivity index (χ4v) is 4.76. The van der Waals surface area contributed by atoms with Gasteiger partial charge in [-0.15, -0.1) is 0 Å². The number of nitrogens with zero attached hydrogens (tertiary/aromatic N) is 2. The first kappa shape index (κ1) is 21.1. The summed E-state index contributed by atoms with van der Waals surface area (Å²) in [4.78, 5) is 4.42. The molecule has 2 heterocycles. The number of fused-ring (bicyclic) bond motifs is 3. The molecular weight excluding hydrogens is 388 g/mol. The highest BCUT2D eigenvalue weighted by molar-refractivity contribution is 6.30. The van der Waals surface area contributed by atoms with Gasteiger partial charge in [-0.3, -0.25) is 4.98 Å². The zero-order valence-corrected chi connectivity index (χ0v) is 17.1. The highest BCUT2D eigenvalue weighted by Crippen LogP contribution is 2.65. The third-order valence-corrected chi connectivity index (χ3v) is 6.00. The quantitative estimate of drug-likeness (QED) is 0.739. The molecule has 2 N–H and O–H groups in total. The van der Waals surface area contributed by atoms with E-state index >= 15 is 0 Å². The van der Waals surface area contributed by atoms with E-state index in [0.717, 1.165) is 24.7 Å². The van der Waals surface area contributed by atoms with Crippen molar-refractivity contribution < 1.29 is 14.9 Å². The summed E-state index contributed by atoms with van der Waals surface area (Å²) in [5.41, 5.74) is 0.550. The molecule has 3 unspecified atom stereocenters. The number of ether oxygens (including phenoxy) is 1. The zero-order valence-electron chi connectivity index (χ0n) is 16.4. The molecule has 0 amide bonds. The van der Waals surface area contributed by atoms with Crippen molar-refractivity contribution in [1.82, 2.24) is 4.98 Å². The van der Waals surface area contributed by atoms with E-state index in [1.165, 1.54) is 6.20 Å². The fraction of sp³-hybridized carbons (Fsp3) is 0.304. The first-order valence-electron chi connectivity index (χ1n) is 9.31. The van der Waals surface area contributed by atoms with Crippen molar-refractivity contribution in [2.24, 2.45) is 5.92 Å². The maximum Gasteiger partial charge on any atom is 0.175 e. The highest BCUT2D eigenvalue weighted by Gasteiger charge is 2.69. The molecule has 0 radical (unpaired) electrons. The van der Waals surface area contributed by atoms with Gasteiger partial charge in [0.1, 0.15) is 11.4 Å². The fourth-order valence-electron chi connectivity index (χ4n) is 4.62. The molecule has 0 spiro atoms. The SMILES string of the molecule is C=C/C(=C\C)C1CCC2(O)c3ncc(Cl)cc3OC12c1ccc(C#N)cc1.CO. The van der Waals surface area contributed by atoms with Crippen molar-refractivity contribution in [1.29, 1.82) is 5.26 Å². The maximum absolute atomic E-state index is 11.9. The van der Waals surface area contributed by atoms with Crippen LogP contribution >= 0.6 is 11.6 Å². The highest BCUT2D eigenvalue weighted by atomic mass is 35.5. The Morgan fingerprint density at radius 1 is 1.38 bits per heavy atom. The molecule has 1 aliphatic carbocycles. The molecule has 5 nitrogen and oxygen atoms in total. The summed E-state index contributed by atoms with van der Waals surface area (Å²) in [7, 11) is 1.00. The number of hydrogen-bond acceptors (Lipinski definition) is 5. The summed E-state index contributed by atoms with van der Waals surface area (Å²) in [5, 5.41) is 28.5. The molecule has 1 aliphatic heterocycles. The maximum atomic E-state index is 11.9. The molecule has 1 saturated carbocycles. The third kappa shape index (κ3) is 2.96. The van der Waals surface area contributed by atoms with Gasteiger partial charge in [0.15, 0.2) is 11.2 Å². The predicted octanol–water partition coefficient (Wildman–Crippen LogP) is 4.23. The van der Waals surface area contributed by atoms with Gasteiger partial charge >= 0.3 is 0 Å². The molecule has 2 aliphatic rings. The Kier molecular flexibility index (Phi) is 5.81. The van der Waals surface area contributed by atoms with Crippen LogP contribution in [-0.4, -0.2) is 22.3 Å². The molecule has 1 aromatic heterocycles. The molecule has 6 heteroatoms. The van der Waals surface area contributed by atoms with E-state index in [0.29, 0.717) is 28.5 Å². The number of benzene rings is 1. The van der Waals surface area contributed by atoms with Crippen molar-refractivity contribution in [3.63, 3.8) is 0 Å². The van der Waals surface area contributed by atoms with Crippen LogP contribution in [0.1, 0.15) is 36.6 Å². The molecular formula is C23H23ClN2O3. The number of aromatic nitrogens is 1. The molecule has 29 heavy (non-hydrogen) atoms. The van der Waals surface area contributed by atoms with Crippen LogP contribution in [0.15, 0.2) is 60.8 Å². The van der Waals surface area contributed by atoms with Crippen molar-refractivity contribution in [2.75, 3.05) is 7.11 Å². The summed E-state index contributed by atoms with van der Waals surface area (Å²) in [6.07, 6.45) is 6.58. The Morgan fingerprint density at radius 2 is 2.07 bits per heavy atom.